The van der Waals surface area contributed by atoms with Crippen LogP contribution < -0.4 is 14.4 Å². The van der Waals surface area contributed by atoms with Gasteiger partial charge in [0.1, 0.15) is 11.5 Å². The predicted octanol–water partition coefficient (Wildman–Crippen LogP) is 4.00. The molecule has 7 nitrogen and oxygen atoms in total. The molecule has 2 heterocycles. The molecule has 0 atom stereocenters. The normalized spacial score (nSPS) is 15.1. The van der Waals surface area contributed by atoms with Crippen LogP contribution >= 0.6 is 0 Å². The van der Waals surface area contributed by atoms with E-state index in [1.807, 2.05) is 4.90 Å². The minimum Gasteiger partial charge on any atom is -0.497 e. The number of hydrogen-bond acceptors (Lipinski definition) is 7. The number of anilines is 1. The summed E-state index contributed by atoms with van der Waals surface area (Å²) in [6.07, 6.45) is -4.34. The van der Waals surface area contributed by atoms with Gasteiger partial charge in [-0.3, -0.25) is 4.90 Å². The molecule has 1 saturated heterocycles. The van der Waals surface area contributed by atoms with Gasteiger partial charge in [-0.1, -0.05) is 11.2 Å². The summed E-state index contributed by atoms with van der Waals surface area (Å²) in [6.45, 7) is 3.24. The highest BCUT2D eigenvalue weighted by atomic mass is 19.4. The number of hydrogen-bond donors (Lipinski definition) is 0. The Kier molecular flexibility index (Phi) is 6.50. The third kappa shape index (κ3) is 5.50. The molecule has 0 saturated carbocycles. The van der Waals surface area contributed by atoms with Crippen LogP contribution in [0.25, 0.3) is 0 Å². The van der Waals surface area contributed by atoms with Crippen LogP contribution in [-0.2, 0) is 19.3 Å². The molecule has 1 aromatic heterocycles. The SMILES string of the molecule is COc1ccc(OCc2noc(CN3CCN(c4cccc(C(F)(F)F)c4)CC3)n2)cc1. The van der Waals surface area contributed by atoms with E-state index in [1.54, 1.807) is 37.4 Å². The number of benzene rings is 2. The maximum Gasteiger partial charge on any atom is 0.416 e. The van der Waals surface area contributed by atoms with Crippen molar-refractivity contribution < 1.29 is 27.2 Å². The Bertz CT molecular complexity index is 1020. The molecule has 1 fully saturated rings. The molecule has 0 spiro atoms. The fraction of sp³-hybridized carbons (Fsp3) is 0.364. The molecule has 3 aromatic rings. The summed E-state index contributed by atoms with van der Waals surface area (Å²) in [6, 6.07) is 12.6. The fourth-order valence-corrected chi connectivity index (χ4v) is 3.47. The van der Waals surface area contributed by atoms with Crippen LogP contribution in [0.4, 0.5) is 18.9 Å². The zero-order valence-electron chi connectivity index (χ0n) is 17.5. The van der Waals surface area contributed by atoms with Crippen LogP contribution in [0.2, 0.25) is 0 Å². The first-order valence-electron chi connectivity index (χ1n) is 10.1. The first kappa shape index (κ1) is 21.9. The molecule has 170 valence electrons. The van der Waals surface area contributed by atoms with Gasteiger partial charge in [0.25, 0.3) is 0 Å². The molecular formula is C22H23F3N4O3. The van der Waals surface area contributed by atoms with Gasteiger partial charge < -0.3 is 18.9 Å². The molecular weight excluding hydrogens is 425 g/mol. The van der Waals surface area contributed by atoms with Crippen molar-refractivity contribution in [3.05, 3.63) is 65.8 Å². The van der Waals surface area contributed by atoms with Crippen molar-refractivity contribution in [2.24, 2.45) is 0 Å². The van der Waals surface area contributed by atoms with Gasteiger partial charge in [0.2, 0.25) is 11.7 Å². The summed E-state index contributed by atoms with van der Waals surface area (Å²) >= 11 is 0. The second-order valence-corrected chi connectivity index (χ2v) is 7.38. The Hall–Kier alpha value is -3.27. The summed E-state index contributed by atoms with van der Waals surface area (Å²) in [7, 11) is 1.60. The Balaban J connectivity index is 1.26. The van der Waals surface area contributed by atoms with Crippen molar-refractivity contribution in [1.29, 1.82) is 0 Å². The van der Waals surface area contributed by atoms with Gasteiger partial charge in [0.05, 0.1) is 19.2 Å². The topological polar surface area (TPSA) is 63.9 Å². The minimum absolute atomic E-state index is 0.180. The van der Waals surface area contributed by atoms with Crippen LogP contribution in [0.5, 0.6) is 11.5 Å². The van der Waals surface area contributed by atoms with Crippen LogP contribution in [0, 0.1) is 0 Å². The lowest BCUT2D eigenvalue weighted by molar-refractivity contribution is -0.137. The van der Waals surface area contributed by atoms with Gasteiger partial charge >= 0.3 is 6.18 Å². The van der Waals surface area contributed by atoms with Crippen LogP contribution in [-0.4, -0.2) is 48.3 Å². The monoisotopic (exact) mass is 448 g/mol. The average Bonchev–Trinajstić information content (AvgIpc) is 3.25. The Morgan fingerprint density at radius 3 is 2.41 bits per heavy atom. The molecule has 0 radical (unpaired) electrons. The largest absolute Gasteiger partial charge is 0.497 e. The third-order valence-corrected chi connectivity index (χ3v) is 5.21. The molecule has 0 unspecified atom stereocenters. The fourth-order valence-electron chi connectivity index (χ4n) is 3.47. The van der Waals surface area contributed by atoms with Crippen molar-refractivity contribution in [1.82, 2.24) is 15.0 Å². The quantitative estimate of drug-likeness (QED) is 0.541. The molecule has 1 aliphatic rings. The molecule has 4 rings (SSSR count). The number of piperazine rings is 1. The minimum atomic E-state index is -4.34. The second-order valence-electron chi connectivity index (χ2n) is 7.38. The lowest BCUT2D eigenvalue weighted by atomic mass is 10.1. The van der Waals surface area contributed by atoms with Crippen LogP contribution in [0.1, 0.15) is 17.3 Å². The number of methoxy groups -OCH3 is 1. The molecule has 0 amide bonds. The molecule has 2 aromatic carbocycles. The summed E-state index contributed by atoms with van der Waals surface area (Å²) in [4.78, 5) is 8.44. The van der Waals surface area contributed by atoms with Gasteiger partial charge in [-0.15, -0.1) is 0 Å². The number of alkyl halides is 3. The van der Waals surface area contributed by atoms with E-state index in [-0.39, 0.29) is 6.61 Å². The van der Waals surface area contributed by atoms with Gasteiger partial charge in [-0.25, -0.2) is 0 Å². The van der Waals surface area contributed by atoms with E-state index in [9.17, 15) is 13.2 Å². The molecule has 0 aliphatic carbocycles. The number of nitrogens with zero attached hydrogens (tertiary/aromatic N) is 4. The van der Waals surface area contributed by atoms with E-state index in [4.69, 9.17) is 14.0 Å². The molecule has 10 heteroatoms. The zero-order valence-corrected chi connectivity index (χ0v) is 17.5. The zero-order chi connectivity index (χ0) is 22.6. The number of halogens is 3. The van der Waals surface area contributed by atoms with Gasteiger partial charge in [-0.05, 0) is 42.5 Å². The maximum atomic E-state index is 13.0. The Morgan fingerprint density at radius 2 is 1.72 bits per heavy atom. The van der Waals surface area contributed by atoms with Crippen molar-refractivity contribution >= 4 is 5.69 Å². The van der Waals surface area contributed by atoms with Gasteiger partial charge in [-0.2, -0.15) is 18.2 Å². The van der Waals surface area contributed by atoms with Gasteiger partial charge in [0.15, 0.2) is 6.61 Å². The first-order valence-corrected chi connectivity index (χ1v) is 10.1. The third-order valence-electron chi connectivity index (χ3n) is 5.21. The summed E-state index contributed by atoms with van der Waals surface area (Å²) in [5, 5.41) is 3.95. The second kappa shape index (κ2) is 9.47. The van der Waals surface area contributed by atoms with Crippen LogP contribution in [0.3, 0.4) is 0 Å². The number of rotatable bonds is 7. The highest BCUT2D eigenvalue weighted by molar-refractivity contribution is 5.49. The van der Waals surface area contributed by atoms with Crippen molar-refractivity contribution in [3.8, 4) is 11.5 Å². The smallest absolute Gasteiger partial charge is 0.416 e. The van der Waals surface area contributed by atoms with Crippen LogP contribution in [0.15, 0.2) is 53.1 Å². The first-order chi connectivity index (χ1) is 15.4. The lowest BCUT2D eigenvalue weighted by Crippen LogP contribution is -2.46. The van der Waals surface area contributed by atoms with E-state index >= 15 is 0 Å². The van der Waals surface area contributed by atoms with Crippen molar-refractivity contribution in [2.45, 2.75) is 19.3 Å². The maximum absolute atomic E-state index is 13.0. The molecule has 0 N–H and O–H groups in total. The average molecular weight is 448 g/mol. The highest BCUT2D eigenvalue weighted by Gasteiger charge is 2.31. The standard InChI is InChI=1S/C22H23F3N4O3/c1-30-18-5-7-19(8-6-18)31-15-20-26-21(32-27-20)14-28-9-11-29(12-10-28)17-4-2-3-16(13-17)22(23,24)25/h2-8,13H,9-12,14-15H2,1H3. The van der Waals surface area contributed by atoms with Crippen molar-refractivity contribution in [3.63, 3.8) is 0 Å². The number of ether oxygens (including phenoxy) is 2. The van der Waals surface area contributed by atoms with Gasteiger partial charge in [0, 0.05) is 31.9 Å². The molecule has 0 bridgehead atoms. The van der Waals surface area contributed by atoms with E-state index in [0.29, 0.717) is 55.9 Å². The molecule has 32 heavy (non-hydrogen) atoms. The van der Waals surface area contributed by atoms with E-state index in [0.717, 1.165) is 11.8 Å². The lowest BCUT2D eigenvalue weighted by Gasteiger charge is -2.35. The molecule has 1 aliphatic heterocycles. The summed E-state index contributed by atoms with van der Waals surface area (Å²) in [5.41, 5.74) is -0.0529. The van der Waals surface area contributed by atoms with Crippen molar-refractivity contribution in [2.75, 3.05) is 38.2 Å². The summed E-state index contributed by atoms with van der Waals surface area (Å²) in [5.74, 6) is 2.33. The highest BCUT2D eigenvalue weighted by Crippen LogP contribution is 2.32. The van der Waals surface area contributed by atoms with E-state index < -0.39 is 11.7 Å². The Morgan fingerprint density at radius 1 is 1.00 bits per heavy atom. The summed E-state index contributed by atoms with van der Waals surface area (Å²) < 4.78 is 55.0. The van der Waals surface area contributed by atoms with E-state index in [2.05, 4.69) is 15.0 Å². The predicted molar refractivity (Wildman–Crippen MR) is 111 cm³/mol. The van der Waals surface area contributed by atoms with E-state index in [1.165, 1.54) is 12.1 Å². The number of aromatic nitrogens is 2. The Labute approximate surface area is 183 Å².